The fraction of sp³-hybridized carbons (Fsp3) is 1.00. The molecule has 0 rings (SSSR count). The Kier molecular flexibility index (Phi) is 14.3. The molecule has 0 aromatic carbocycles. The standard InChI is InChI=1S/C18H43BrN2O2Si2/c1-20(14-11-19)12-7-9-17-24(3,4)23-25(5,6)18-10-8-13-21(2)15-16-22/h22H,7-18H2,1-6H3. The lowest BCUT2D eigenvalue weighted by Crippen LogP contribution is -2.44. The number of hydrogen-bond donors (Lipinski definition) is 1. The molecule has 25 heavy (non-hydrogen) atoms. The minimum atomic E-state index is -1.55. The molecule has 0 aliphatic carbocycles. The van der Waals surface area contributed by atoms with Gasteiger partial charge in [-0.05, 0) is 78.3 Å². The van der Waals surface area contributed by atoms with Crippen molar-refractivity contribution in [1.82, 2.24) is 9.80 Å². The summed E-state index contributed by atoms with van der Waals surface area (Å²) in [6, 6.07) is 2.54. The topological polar surface area (TPSA) is 35.9 Å². The van der Waals surface area contributed by atoms with Crippen molar-refractivity contribution in [3.63, 3.8) is 0 Å². The Morgan fingerprint density at radius 1 is 0.760 bits per heavy atom. The molecule has 0 saturated carbocycles. The molecule has 0 aliphatic heterocycles. The summed E-state index contributed by atoms with van der Waals surface area (Å²) in [6.07, 6.45) is 5.03. The van der Waals surface area contributed by atoms with Crippen LogP contribution in [-0.4, -0.2) is 83.8 Å². The third-order valence-electron chi connectivity index (χ3n) is 4.64. The molecule has 4 nitrogen and oxygen atoms in total. The van der Waals surface area contributed by atoms with Crippen LogP contribution in [0.25, 0.3) is 0 Å². The fourth-order valence-electron chi connectivity index (χ4n) is 3.25. The molecule has 0 aromatic heterocycles. The maximum atomic E-state index is 8.94. The van der Waals surface area contributed by atoms with Gasteiger partial charge in [0.25, 0.3) is 0 Å². The highest BCUT2D eigenvalue weighted by Gasteiger charge is 2.32. The highest BCUT2D eigenvalue weighted by atomic mass is 79.9. The molecule has 0 bridgehead atoms. The first-order valence-corrected chi connectivity index (χ1v) is 17.2. The van der Waals surface area contributed by atoms with Crippen molar-refractivity contribution in [3.8, 4) is 0 Å². The van der Waals surface area contributed by atoms with E-state index >= 15 is 0 Å². The maximum Gasteiger partial charge on any atom is 0.173 e. The molecule has 1 N–H and O–H groups in total. The largest absolute Gasteiger partial charge is 0.455 e. The van der Waals surface area contributed by atoms with Gasteiger partial charge in [0.1, 0.15) is 0 Å². The molecular weight excluding hydrogens is 412 g/mol. The van der Waals surface area contributed by atoms with E-state index in [1.54, 1.807) is 0 Å². The predicted octanol–water partition coefficient (Wildman–Crippen LogP) is 4.22. The highest BCUT2D eigenvalue weighted by molar-refractivity contribution is 9.09. The molecule has 0 heterocycles. The second-order valence-corrected chi connectivity index (χ2v) is 18.2. The van der Waals surface area contributed by atoms with Gasteiger partial charge in [-0.2, -0.15) is 0 Å². The Morgan fingerprint density at radius 2 is 1.20 bits per heavy atom. The summed E-state index contributed by atoms with van der Waals surface area (Å²) in [5.41, 5.74) is 0. The summed E-state index contributed by atoms with van der Waals surface area (Å²) in [6.45, 7) is 14.0. The number of alkyl halides is 1. The van der Waals surface area contributed by atoms with Crippen LogP contribution in [0.3, 0.4) is 0 Å². The molecule has 152 valence electrons. The average molecular weight is 456 g/mol. The predicted molar refractivity (Wildman–Crippen MR) is 120 cm³/mol. The second-order valence-electron chi connectivity index (χ2n) is 8.55. The number of aliphatic hydroxyl groups is 1. The first-order valence-electron chi connectivity index (χ1n) is 9.86. The maximum absolute atomic E-state index is 8.94. The van der Waals surface area contributed by atoms with Crippen LogP contribution in [0.1, 0.15) is 25.7 Å². The third-order valence-corrected chi connectivity index (χ3v) is 12.5. The number of aliphatic hydroxyl groups excluding tert-OH is 1. The zero-order chi connectivity index (χ0) is 19.3. The molecule has 0 unspecified atom stereocenters. The molecule has 7 heteroatoms. The van der Waals surface area contributed by atoms with Crippen molar-refractivity contribution in [2.24, 2.45) is 0 Å². The number of hydrogen-bond acceptors (Lipinski definition) is 4. The van der Waals surface area contributed by atoms with Gasteiger partial charge in [-0.1, -0.05) is 28.8 Å². The highest BCUT2D eigenvalue weighted by Crippen LogP contribution is 2.24. The van der Waals surface area contributed by atoms with Gasteiger partial charge in [0.05, 0.1) is 6.61 Å². The monoisotopic (exact) mass is 454 g/mol. The minimum Gasteiger partial charge on any atom is -0.455 e. The van der Waals surface area contributed by atoms with E-state index in [2.05, 4.69) is 66.0 Å². The van der Waals surface area contributed by atoms with E-state index in [4.69, 9.17) is 9.22 Å². The van der Waals surface area contributed by atoms with Gasteiger partial charge in [-0.3, -0.25) is 0 Å². The number of halogens is 1. The Hall–Kier alpha value is 0.754. The van der Waals surface area contributed by atoms with Crippen molar-refractivity contribution >= 4 is 32.6 Å². The third kappa shape index (κ3) is 15.5. The minimum absolute atomic E-state index is 0.256. The van der Waals surface area contributed by atoms with Gasteiger partial charge >= 0.3 is 0 Å². The summed E-state index contributed by atoms with van der Waals surface area (Å²) in [5, 5.41) is 10.00. The van der Waals surface area contributed by atoms with Crippen molar-refractivity contribution in [2.75, 3.05) is 52.2 Å². The van der Waals surface area contributed by atoms with Crippen LogP contribution in [0.15, 0.2) is 0 Å². The van der Waals surface area contributed by atoms with Crippen LogP contribution in [-0.2, 0) is 4.12 Å². The molecule has 0 saturated heterocycles. The summed E-state index contributed by atoms with van der Waals surface area (Å²) in [5.74, 6) is 0. The Balaban J connectivity index is 3.98. The number of nitrogens with zero attached hydrogens (tertiary/aromatic N) is 2. The van der Waals surface area contributed by atoms with Crippen molar-refractivity contribution in [2.45, 2.75) is 64.0 Å². The zero-order valence-electron chi connectivity index (χ0n) is 17.6. The quantitative estimate of drug-likeness (QED) is 0.215. The van der Waals surface area contributed by atoms with Crippen LogP contribution in [0.2, 0.25) is 38.3 Å². The smallest absolute Gasteiger partial charge is 0.173 e. The lowest BCUT2D eigenvalue weighted by Gasteiger charge is -2.34. The van der Waals surface area contributed by atoms with E-state index in [0.717, 1.165) is 25.0 Å². The molecule has 0 aliphatic rings. The van der Waals surface area contributed by atoms with Crippen LogP contribution in [0, 0.1) is 0 Å². The normalized spacial score (nSPS) is 13.2. The summed E-state index contributed by atoms with van der Waals surface area (Å²) in [7, 11) is 1.21. The summed E-state index contributed by atoms with van der Waals surface area (Å²) < 4.78 is 6.74. The van der Waals surface area contributed by atoms with Crippen LogP contribution in [0.4, 0.5) is 0 Å². The first-order chi connectivity index (χ1) is 11.6. The SMILES string of the molecule is CN(CCO)CCCC[Si](C)(C)O[Si](C)(C)CCCCN(C)CCBr. The van der Waals surface area contributed by atoms with E-state index in [1.807, 2.05) is 0 Å². The van der Waals surface area contributed by atoms with Crippen LogP contribution in [0.5, 0.6) is 0 Å². The van der Waals surface area contributed by atoms with Crippen LogP contribution < -0.4 is 0 Å². The molecular formula is C18H43BrN2O2Si2. The zero-order valence-corrected chi connectivity index (χ0v) is 21.2. The van der Waals surface area contributed by atoms with E-state index in [0.29, 0.717) is 0 Å². The fourth-order valence-corrected chi connectivity index (χ4v) is 12.9. The van der Waals surface area contributed by atoms with Crippen LogP contribution >= 0.6 is 15.9 Å². The average Bonchev–Trinajstić information content (AvgIpc) is 2.48. The first kappa shape index (κ1) is 25.8. The molecule has 0 radical (unpaired) electrons. The Bertz CT molecular complexity index is 304. The van der Waals surface area contributed by atoms with Gasteiger partial charge in [-0.15, -0.1) is 0 Å². The van der Waals surface area contributed by atoms with Gasteiger partial charge in [0, 0.05) is 18.4 Å². The second kappa shape index (κ2) is 13.9. The Labute approximate surface area is 167 Å². The summed E-state index contributed by atoms with van der Waals surface area (Å²) in [4.78, 5) is 4.61. The van der Waals surface area contributed by atoms with Crippen molar-refractivity contribution in [3.05, 3.63) is 0 Å². The van der Waals surface area contributed by atoms with E-state index in [9.17, 15) is 0 Å². The van der Waals surface area contributed by atoms with Crippen molar-refractivity contribution < 1.29 is 9.22 Å². The van der Waals surface area contributed by atoms with E-state index in [-0.39, 0.29) is 6.61 Å². The van der Waals surface area contributed by atoms with Gasteiger partial charge in [0.15, 0.2) is 16.6 Å². The molecule has 0 aromatic rings. The lowest BCUT2D eigenvalue weighted by atomic mass is 10.3. The van der Waals surface area contributed by atoms with E-state index in [1.165, 1.54) is 44.3 Å². The molecule has 0 spiro atoms. The van der Waals surface area contributed by atoms with Gasteiger partial charge < -0.3 is 19.0 Å². The lowest BCUT2D eigenvalue weighted by molar-refractivity contribution is 0.220. The molecule has 0 amide bonds. The van der Waals surface area contributed by atoms with Gasteiger partial charge in [-0.25, -0.2) is 0 Å². The number of likely N-dealkylation sites (N-methyl/N-ethyl adjacent to an activating group) is 1. The number of rotatable bonds is 16. The molecule has 0 atom stereocenters. The van der Waals surface area contributed by atoms with E-state index < -0.39 is 16.6 Å². The van der Waals surface area contributed by atoms with Gasteiger partial charge in [0.2, 0.25) is 0 Å². The Morgan fingerprint density at radius 3 is 1.60 bits per heavy atom. The van der Waals surface area contributed by atoms with Crippen molar-refractivity contribution in [1.29, 1.82) is 0 Å². The molecule has 0 fully saturated rings. The summed E-state index contributed by atoms with van der Waals surface area (Å²) >= 11 is 3.50. The number of unbranched alkanes of at least 4 members (excludes halogenated alkanes) is 2.